The summed E-state index contributed by atoms with van der Waals surface area (Å²) in [5, 5.41) is 0. The minimum atomic E-state index is -0.316. The van der Waals surface area contributed by atoms with Gasteiger partial charge in [0, 0.05) is 6.08 Å². The van der Waals surface area contributed by atoms with Crippen LogP contribution in [0.1, 0.15) is 17.5 Å². The van der Waals surface area contributed by atoms with Crippen molar-refractivity contribution in [3.8, 4) is 0 Å². The van der Waals surface area contributed by atoms with Crippen molar-refractivity contribution in [3.05, 3.63) is 53.6 Å². The summed E-state index contributed by atoms with van der Waals surface area (Å²) in [4.78, 5) is 11.0. The van der Waals surface area contributed by atoms with Crippen molar-refractivity contribution >= 4 is 11.5 Å². The molecule has 0 N–H and O–H groups in total. The molecule has 0 fully saturated rings. The van der Waals surface area contributed by atoms with E-state index >= 15 is 0 Å². The smallest absolute Gasteiger partial charge is 0.330 e. The molecular formula is C14H14O2. The van der Waals surface area contributed by atoms with Crippen LogP contribution in [0, 0.1) is 0 Å². The van der Waals surface area contributed by atoms with Gasteiger partial charge in [-0.05, 0) is 35.6 Å². The van der Waals surface area contributed by atoms with Gasteiger partial charge in [-0.15, -0.1) is 0 Å². The lowest BCUT2D eigenvalue weighted by Crippen LogP contribution is -1.99. The first-order valence-corrected chi connectivity index (χ1v) is 5.36. The molecule has 0 bridgehead atoms. The van der Waals surface area contributed by atoms with Gasteiger partial charge < -0.3 is 4.74 Å². The van der Waals surface area contributed by atoms with Crippen molar-refractivity contribution in [1.29, 1.82) is 0 Å². The van der Waals surface area contributed by atoms with Gasteiger partial charge in [-0.3, -0.25) is 0 Å². The average molecular weight is 214 g/mol. The lowest BCUT2D eigenvalue weighted by molar-refractivity contribution is -0.134. The average Bonchev–Trinajstić information content (AvgIpc) is 2.35. The number of ether oxygens (including phenoxy) is 1. The van der Waals surface area contributed by atoms with E-state index in [1.807, 2.05) is 18.2 Å². The van der Waals surface area contributed by atoms with Gasteiger partial charge in [0.15, 0.2) is 0 Å². The van der Waals surface area contributed by atoms with Gasteiger partial charge in [0.1, 0.15) is 0 Å². The molecule has 1 aliphatic rings. The van der Waals surface area contributed by atoms with E-state index in [0.717, 1.165) is 18.4 Å². The first-order valence-electron chi connectivity index (χ1n) is 5.36. The van der Waals surface area contributed by atoms with Gasteiger partial charge in [-0.1, -0.05) is 30.3 Å². The Labute approximate surface area is 95.2 Å². The van der Waals surface area contributed by atoms with E-state index in [-0.39, 0.29) is 5.97 Å². The monoisotopic (exact) mass is 214 g/mol. The zero-order chi connectivity index (χ0) is 11.4. The summed E-state index contributed by atoms with van der Waals surface area (Å²) in [6.07, 6.45) is 7.54. The summed E-state index contributed by atoms with van der Waals surface area (Å²) >= 11 is 0. The van der Waals surface area contributed by atoms with Crippen LogP contribution in [0.15, 0.2) is 42.5 Å². The number of esters is 1. The van der Waals surface area contributed by atoms with Crippen molar-refractivity contribution in [1.82, 2.24) is 0 Å². The Morgan fingerprint density at radius 2 is 2.19 bits per heavy atom. The molecule has 0 aromatic heterocycles. The standard InChI is InChI=1S/C14H14O2/c1-16-14(15)10-9-12-7-4-6-11-5-2-3-8-13(11)12/h2-3,5,7-10H,4,6H2,1H3/b10-9+. The molecule has 0 amide bonds. The van der Waals surface area contributed by atoms with Crippen LogP contribution in [0.2, 0.25) is 0 Å². The van der Waals surface area contributed by atoms with Gasteiger partial charge >= 0.3 is 5.97 Å². The van der Waals surface area contributed by atoms with E-state index in [2.05, 4.69) is 22.9 Å². The van der Waals surface area contributed by atoms with Crippen LogP contribution >= 0.6 is 0 Å². The SMILES string of the molecule is COC(=O)/C=C/C1=CCCc2ccccc21. The Morgan fingerprint density at radius 3 is 3.00 bits per heavy atom. The molecule has 0 aliphatic heterocycles. The molecule has 16 heavy (non-hydrogen) atoms. The van der Waals surface area contributed by atoms with Crippen LogP contribution in [0.3, 0.4) is 0 Å². The summed E-state index contributed by atoms with van der Waals surface area (Å²) in [5.74, 6) is -0.316. The molecule has 2 nitrogen and oxygen atoms in total. The Balaban J connectivity index is 2.26. The Bertz CT molecular complexity index is 456. The van der Waals surface area contributed by atoms with Gasteiger partial charge in [-0.2, -0.15) is 0 Å². The zero-order valence-electron chi connectivity index (χ0n) is 9.27. The van der Waals surface area contributed by atoms with E-state index in [9.17, 15) is 4.79 Å². The van der Waals surface area contributed by atoms with E-state index in [0.29, 0.717) is 0 Å². The fourth-order valence-electron chi connectivity index (χ4n) is 1.90. The van der Waals surface area contributed by atoms with E-state index in [1.165, 1.54) is 24.3 Å². The molecule has 82 valence electrons. The van der Waals surface area contributed by atoms with Crippen molar-refractivity contribution in [3.63, 3.8) is 0 Å². The fourth-order valence-corrected chi connectivity index (χ4v) is 1.90. The predicted octanol–water partition coefficient (Wildman–Crippen LogP) is 2.75. The molecule has 0 heterocycles. The molecule has 0 spiro atoms. The number of rotatable bonds is 2. The summed E-state index contributed by atoms with van der Waals surface area (Å²) in [5.41, 5.74) is 3.66. The molecule has 0 radical (unpaired) electrons. The number of benzene rings is 1. The molecule has 0 saturated heterocycles. The first-order chi connectivity index (χ1) is 7.81. The number of hydrogen-bond donors (Lipinski definition) is 0. The van der Waals surface area contributed by atoms with Crippen LogP contribution in [0.25, 0.3) is 5.57 Å². The molecule has 1 aromatic rings. The summed E-state index contributed by atoms with van der Waals surface area (Å²) in [6, 6.07) is 8.28. The highest BCUT2D eigenvalue weighted by Crippen LogP contribution is 2.26. The molecule has 0 unspecified atom stereocenters. The second-order valence-electron chi connectivity index (χ2n) is 3.71. The minimum Gasteiger partial charge on any atom is -0.466 e. The zero-order valence-corrected chi connectivity index (χ0v) is 9.27. The predicted molar refractivity (Wildman–Crippen MR) is 63.9 cm³/mol. The molecule has 0 atom stereocenters. The van der Waals surface area contributed by atoms with Crippen LogP contribution in [-0.2, 0) is 16.0 Å². The van der Waals surface area contributed by atoms with Gasteiger partial charge in [0.25, 0.3) is 0 Å². The fraction of sp³-hybridized carbons (Fsp3) is 0.214. The van der Waals surface area contributed by atoms with Gasteiger partial charge in [0.2, 0.25) is 0 Å². The number of allylic oxidation sites excluding steroid dienone is 3. The highest BCUT2D eigenvalue weighted by molar-refractivity contribution is 5.87. The third-order valence-corrected chi connectivity index (χ3v) is 2.71. The second kappa shape index (κ2) is 4.79. The highest BCUT2D eigenvalue weighted by atomic mass is 16.5. The second-order valence-corrected chi connectivity index (χ2v) is 3.71. The Morgan fingerprint density at radius 1 is 1.38 bits per heavy atom. The largest absolute Gasteiger partial charge is 0.466 e. The summed E-state index contributed by atoms with van der Waals surface area (Å²) < 4.78 is 4.58. The number of aryl methyl sites for hydroxylation is 1. The normalized spacial score (nSPS) is 14.4. The summed E-state index contributed by atoms with van der Waals surface area (Å²) in [6.45, 7) is 0. The van der Waals surface area contributed by atoms with Gasteiger partial charge in [-0.25, -0.2) is 4.79 Å². The molecule has 1 aliphatic carbocycles. The maximum absolute atomic E-state index is 11.0. The number of carbonyl (C=O) groups excluding carboxylic acids is 1. The maximum Gasteiger partial charge on any atom is 0.330 e. The minimum absolute atomic E-state index is 0.316. The number of methoxy groups -OCH3 is 1. The van der Waals surface area contributed by atoms with E-state index < -0.39 is 0 Å². The number of carbonyl (C=O) groups is 1. The van der Waals surface area contributed by atoms with E-state index in [1.54, 1.807) is 0 Å². The molecule has 2 rings (SSSR count). The lowest BCUT2D eigenvalue weighted by atomic mass is 9.91. The third-order valence-electron chi connectivity index (χ3n) is 2.71. The first kappa shape index (κ1) is 10.7. The van der Waals surface area contributed by atoms with Crippen LogP contribution in [-0.4, -0.2) is 13.1 Å². The van der Waals surface area contributed by atoms with Crippen molar-refractivity contribution in [2.24, 2.45) is 0 Å². The van der Waals surface area contributed by atoms with Crippen molar-refractivity contribution in [2.45, 2.75) is 12.8 Å². The van der Waals surface area contributed by atoms with Crippen LogP contribution in [0.5, 0.6) is 0 Å². The van der Waals surface area contributed by atoms with Crippen molar-refractivity contribution in [2.75, 3.05) is 7.11 Å². The maximum atomic E-state index is 11.0. The quantitative estimate of drug-likeness (QED) is 0.559. The van der Waals surface area contributed by atoms with Crippen LogP contribution < -0.4 is 0 Å². The Kier molecular flexibility index (Phi) is 3.20. The van der Waals surface area contributed by atoms with Crippen LogP contribution in [0.4, 0.5) is 0 Å². The third kappa shape index (κ3) is 2.22. The number of hydrogen-bond acceptors (Lipinski definition) is 2. The molecular weight excluding hydrogens is 200 g/mol. The van der Waals surface area contributed by atoms with Crippen molar-refractivity contribution < 1.29 is 9.53 Å². The molecule has 1 aromatic carbocycles. The Hall–Kier alpha value is -1.83. The lowest BCUT2D eigenvalue weighted by Gasteiger charge is -2.14. The topological polar surface area (TPSA) is 26.3 Å². The van der Waals surface area contributed by atoms with Gasteiger partial charge in [0.05, 0.1) is 7.11 Å². The molecule has 0 saturated carbocycles. The highest BCUT2D eigenvalue weighted by Gasteiger charge is 2.09. The number of fused-ring (bicyclic) bond motifs is 1. The van der Waals surface area contributed by atoms with E-state index in [4.69, 9.17) is 0 Å². The molecule has 2 heteroatoms. The summed E-state index contributed by atoms with van der Waals surface area (Å²) in [7, 11) is 1.38.